The molecule has 1 atom stereocenters. The highest BCUT2D eigenvalue weighted by Gasteiger charge is 2.14. The zero-order chi connectivity index (χ0) is 15.7. The summed E-state index contributed by atoms with van der Waals surface area (Å²) in [6.45, 7) is 0.139. The summed E-state index contributed by atoms with van der Waals surface area (Å²) in [5, 5.41) is 16.7. The van der Waals surface area contributed by atoms with Crippen molar-refractivity contribution in [2.45, 2.75) is 31.8 Å². The van der Waals surface area contributed by atoms with Crippen LogP contribution in [-0.4, -0.2) is 40.3 Å². The molecule has 0 bridgehead atoms. The summed E-state index contributed by atoms with van der Waals surface area (Å²) < 4.78 is 4.94. The van der Waals surface area contributed by atoms with Crippen LogP contribution < -0.4 is 22.1 Å². The molecule has 1 heterocycles. The highest BCUT2D eigenvalue weighted by Crippen LogP contribution is 2.13. The van der Waals surface area contributed by atoms with Crippen molar-refractivity contribution in [3.8, 4) is 0 Å². The van der Waals surface area contributed by atoms with Crippen LogP contribution in [0.2, 0.25) is 0 Å². The third-order valence-electron chi connectivity index (χ3n) is 2.59. The molecule has 21 heavy (non-hydrogen) atoms. The number of amides is 2. The van der Waals surface area contributed by atoms with Crippen LogP contribution in [0.1, 0.15) is 37.0 Å². The monoisotopic (exact) mass is 300 g/mol. The van der Waals surface area contributed by atoms with Crippen molar-refractivity contribution in [3.63, 3.8) is 0 Å². The average Bonchev–Trinajstić information content (AvgIpc) is 2.92. The molecule has 2 amide bonds. The normalized spacial score (nSPS) is 11.9. The molecule has 10 heteroatoms. The Morgan fingerprint density at radius 2 is 2.10 bits per heavy atom. The number of rotatable bonds is 9. The Morgan fingerprint density at radius 3 is 2.76 bits per heavy atom. The lowest BCUT2D eigenvalue weighted by Crippen LogP contribution is -2.38. The molecule has 1 aromatic rings. The lowest BCUT2D eigenvalue weighted by atomic mass is 10.1. The number of carboxylic acids is 1. The second-order valence-corrected chi connectivity index (χ2v) is 4.37. The maximum absolute atomic E-state index is 11.2. The van der Waals surface area contributed by atoms with Crippen molar-refractivity contribution in [1.29, 1.82) is 0 Å². The van der Waals surface area contributed by atoms with Gasteiger partial charge in [0.2, 0.25) is 5.89 Å². The number of aliphatic carboxylic acids is 1. The second-order valence-electron chi connectivity index (χ2n) is 4.37. The van der Waals surface area contributed by atoms with Crippen molar-refractivity contribution in [3.05, 3.63) is 11.7 Å². The summed E-state index contributed by atoms with van der Waals surface area (Å²) in [4.78, 5) is 25.5. The van der Waals surface area contributed by atoms with Crippen molar-refractivity contribution in [2.24, 2.45) is 11.5 Å². The van der Waals surface area contributed by atoms with Gasteiger partial charge in [-0.15, -0.1) is 0 Å². The van der Waals surface area contributed by atoms with Crippen LogP contribution in [0.5, 0.6) is 0 Å². The van der Waals surface area contributed by atoms with Crippen LogP contribution in [0, 0.1) is 0 Å². The summed E-state index contributed by atoms with van der Waals surface area (Å²) >= 11 is 0. The summed E-state index contributed by atoms with van der Waals surface area (Å²) in [7, 11) is 0. The number of hydrogen-bond donors (Lipinski definition) is 5. The molecule has 0 unspecified atom stereocenters. The summed E-state index contributed by atoms with van der Waals surface area (Å²) in [5.74, 6) is -0.562. The molecule has 118 valence electrons. The van der Waals surface area contributed by atoms with Crippen molar-refractivity contribution < 1.29 is 19.2 Å². The third-order valence-corrected chi connectivity index (χ3v) is 2.59. The van der Waals surface area contributed by atoms with E-state index in [-0.39, 0.29) is 18.5 Å². The molecular formula is C11H20N6O4. The SMILES string of the molecule is NCCCC[C@H](N)c1noc(CNC(=O)NCC(=O)O)n1. The largest absolute Gasteiger partial charge is 0.480 e. The fourth-order valence-corrected chi connectivity index (χ4v) is 1.50. The van der Waals surface area contributed by atoms with Gasteiger partial charge in [0.15, 0.2) is 5.82 Å². The molecule has 0 aliphatic carbocycles. The zero-order valence-electron chi connectivity index (χ0n) is 11.5. The highest BCUT2D eigenvalue weighted by molar-refractivity contribution is 5.79. The van der Waals surface area contributed by atoms with Gasteiger partial charge in [0.05, 0.1) is 12.6 Å². The minimum absolute atomic E-state index is 0.00598. The zero-order valence-corrected chi connectivity index (χ0v) is 11.5. The molecular weight excluding hydrogens is 280 g/mol. The van der Waals surface area contributed by atoms with Crippen LogP contribution in [0.4, 0.5) is 4.79 Å². The van der Waals surface area contributed by atoms with Crippen molar-refractivity contribution >= 4 is 12.0 Å². The molecule has 0 aromatic carbocycles. The lowest BCUT2D eigenvalue weighted by molar-refractivity contribution is -0.135. The van der Waals surface area contributed by atoms with Gasteiger partial charge in [0.1, 0.15) is 6.54 Å². The first kappa shape index (κ1) is 16.9. The standard InChI is InChI=1S/C11H20N6O4/c12-4-2-1-3-7(13)10-16-8(21-17-10)5-14-11(20)15-6-9(18)19/h7H,1-6,12-13H2,(H,18,19)(H2,14,15,20)/t7-/m0/s1. The van der Waals surface area contributed by atoms with Crippen LogP contribution in [0.25, 0.3) is 0 Å². The van der Waals surface area contributed by atoms with Crippen LogP contribution in [0.15, 0.2) is 4.52 Å². The molecule has 0 spiro atoms. The van der Waals surface area contributed by atoms with E-state index in [2.05, 4.69) is 20.8 Å². The number of carbonyl (C=O) groups excluding carboxylic acids is 1. The Hall–Kier alpha value is -2.20. The van der Waals surface area contributed by atoms with Gasteiger partial charge in [-0.2, -0.15) is 4.98 Å². The number of aromatic nitrogens is 2. The fourth-order valence-electron chi connectivity index (χ4n) is 1.50. The molecule has 0 saturated carbocycles. The molecule has 0 fully saturated rings. The predicted octanol–water partition coefficient (Wildman–Crippen LogP) is -0.918. The van der Waals surface area contributed by atoms with E-state index < -0.39 is 18.5 Å². The van der Waals surface area contributed by atoms with Gasteiger partial charge in [0, 0.05) is 0 Å². The minimum atomic E-state index is -1.13. The number of carbonyl (C=O) groups is 2. The van der Waals surface area contributed by atoms with E-state index in [0.717, 1.165) is 12.8 Å². The highest BCUT2D eigenvalue weighted by atomic mass is 16.5. The van der Waals surface area contributed by atoms with Gasteiger partial charge < -0.3 is 31.7 Å². The van der Waals surface area contributed by atoms with Crippen LogP contribution >= 0.6 is 0 Å². The maximum atomic E-state index is 11.2. The van der Waals surface area contributed by atoms with E-state index >= 15 is 0 Å². The molecule has 10 nitrogen and oxygen atoms in total. The molecule has 1 aromatic heterocycles. The van der Waals surface area contributed by atoms with Gasteiger partial charge in [0.25, 0.3) is 0 Å². The van der Waals surface area contributed by atoms with E-state index in [1.807, 2.05) is 0 Å². The van der Waals surface area contributed by atoms with Gasteiger partial charge in [-0.25, -0.2) is 4.79 Å². The Labute approximate surface area is 121 Å². The quantitative estimate of drug-likeness (QED) is 0.364. The van der Waals surface area contributed by atoms with Gasteiger partial charge >= 0.3 is 12.0 Å². The fraction of sp³-hybridized carbons (Fsp3) is 0.636. The number of urea groups is 1. The molecule has 7 N–H and O–H groups in total. The van der Waals surface area contributed by atoms with Crippen LogP contribution in [0.3, 0.4) is 0 Å². The van der Waals surface area contributed by atoms with Gasteiger partial charge in [-0.1, -0.05) is 11.6 Å². The topological polar surface area (TPSA) is 169 Å². The Morgan fingerprint density at radius 1 is 1.33 bits per heavy atom. The van der Waals surface area contributed by atoms with Gasteiger partial charge in [-0.3, -0.25) is 4.79 Å². The number of nitrogens with one attached hydrogen (secondary N) is 2. The smallest absolute Gasteiger partial charge is 0.323 e. The molecule has 0 radical (unpaired) electrons. The Balaban J connectivity index is 2.34. The minimum Gasteiger partial charge on any atom is -0.480 e. The lowest BCUT2D eigenvalue weighted by Gasteiger charge is -2.05. The molecule has 0 aliphatic heterocycles. The van der Waals surface area contributed by atoms with Crippen molar-refractivity contribution in [2.75, 3.05) is 13.1 Å². The Bertz CT molecular complexity index is 463. The van der Waals surface area contributed by atoms with E-state index in [1.54, 1.807) is 0 Å². The van der Waals surface area contributed by atoms with E-state index in [1.165, 1.54) is 0 Å². The van der Waals surface area contributed by atoms with E-state index in [0.29, 0.717) is 18.8 Å². The summed E-state index contributed by atoms with van der Waals surface area (Å²) in [6.07, 6.45) is 2.45. The Kier molecular flexibility index (Phi) is 7.12. The summed E-state index contributed by atoms with van der Waals surface area (Å²) in [6, 6.07) is -0.973. The first-order valence-electron chi connectivity index (χ1n) is 6.54. The maximum Gasteiger partial charge on any atom is 0.323 e. The molecule has 0 aliphatic rings. The first-order valence-corrected chi connectivity index (χ1v) is 6.54. The predicted molar refractivity (Wildman–Crippen MR) is 72.0 cm³/mol. The number of carboxylic acid groups (broad SMARTS) is 1. The van der Waals surface area contributed by atoms with Crippen LogP contribution in [-0.2, 0) is 11.3 Å². The number of nitrogens with zero attached hydrogens (tertiary/aromatic N) is 2. The van der Waals surface area contributed by atoms with Crippen molar-refractivity contribution in [1.82, 2.24) is 20.8 Å². The average molecular weight is 300 g/mol. The molecule has 0 saturated heterocycles. The first-order chi connectivity index (χ1) is 10.0. The van der Waals surface area contributed by atoms with E-state index in [4.69, 9.17) is 21.1 Å². The third kappa shape index (κ3) is 6.68. The number of nitrogens with two attached hydrogens (primary N) is 2. The summed E-state index contributed by atoms with van der Waals surface area (Å²) in [5.41, 5.74) is 11.3. The van der Waals surface area contributed by atoms with Gasteiger partial charge in [-0.05, 0) is 19.4 Å². The molecule has 1 rings (SSSR count). The van der Waals surface area contributed by atoms with E-state index in [9.17, 15) is 9.59 Å². The number of hydrogen-bond acceptors (Lipinski definition) is 7. The number of unbranched alkanes of at least 4 members (excludes halogenated alkanes) is 1. The second kappa shape index (κ2) is 8.87.